The maximum absolute atomic E-state index is 11.2. The average Bonchev–Trinajstić information content (AvgIpc) is 2.68. The molecule has 4 rings (SSSR count). The fraction of sp³-hybridized carbons (Fsp3) is 0.316. The minimum absolute atomic E-state index is 0.0986. The van der Waals surface area contributed by atoms with Crippen LogP contribution in [0, 0.1) is 0 Å². The summed E-state index contributed by atoms with van der Waals surface area (Å²) in [5.41, 5.74) is 2.83. The predicted molar refractivity (Wildman–Crippen MR) is 99.9 cm³/mol. The fourth-order valence-electron chi connectivity index (χ4n) is 3.32. The number of rotatable bonds is 3. The van der Waals surface area contributed by atoms with Crippen LogP contribution in [-0.4, -0.2) is 41.1 Å². The lowest BCUT2D eigenvalue weighted by Crippen LogP contribution is -2.41. The largest absolute Gasteiger partial charge is 0.341 e. The molecule has 0 atom stereocenters. The Labute approximate surface area is 145 Å². The number of nitrogens with zero attached hydrogens (tertiary/aromatic N) is 3. The number of aromatic nitrogens is 3. The van der Waals surface area contributed by atoms with Gasteiger partial charge in [-0.05, 0) is 55.3 Å². The van der Waals surface area contributed by atoms with Crippen LogP contribution in [0.25, 0.3) is 22.0 Å². The van der Waals surface area contributed by atoms with E-state index in [2.05, 4.69) is 33.3 Å². The number of aromatic amines is 1. The van der Waals surface area contributed by atoms with Crippen molar-refractivity contribution in [3.8, 4) is 11.1 Å². The van der Waals surface area contributed by atoms with E-state index in [4.69, 9.17) is 4.98 Å². The number of H-pyrrole nitrogens is 1. The number of fused-ring (bicyclic) bond motifs is 1. The van der Waals surface area contributed by atoms with E-state index in [0.29, 0.717) is 6.04 Å². The number of piperidine rings is 1. The number of anilines is 1. The zero-order chi connectivity index (χ0) is 17.2. The summed E-state index contributed by atoms with van der Waals surface area (Å²) in [5.74, 6) is 0.774. The van der Waals surface area contributed by atoms with E-state index >= 15 is 0 Å². The van der Waals surface area contributed by atoms with Crippen molar-refractivity contribution in [3.63, 3.8) is 0 Å². The van der Waals surface area contributed by atoms with Gasteiger partial charge in [-0.2, -0.15) is 0 Å². The number of hydrogen-bond donors (Lipinski definition) is 2. The minimum atomic E-state index is -0.0986. The first-order valence-electron chi connectivity index (χ1n) is 8.60. The first-order valence-corrected chi connectivity index (χ1v) is 8.60. The summed E-state index contributed by atoms with van der Waals surface area (Å²) in [7, 11) is 2.08. The fourth-order valence-corrected chi connectivity index (χ4v) is 3.32. The molecule has 1 fully saturated rings. The van der Waals surface area contributed by atoms with Gasteiger partial charge in [0.25, 0.3) is 0 Å². The number of benzene rings is 1. The zero-order valence-electron chi connectivity index (χ0n) is 14.2. The highest BCUT2D eigenvalue weighted by molar-refractivity contribution is 5.84. The minimum Gasteiger partial charge on any atom is -0.341 e. The number of hydrogen-bond acceptors (Lipinski definition) is 5. The Morgan fingerprint density at radius 1 is 1.12 bits per heavy atom. The maximum atomic E-state index is 11.2. The Balaban J connectivity index is 1.64. The van der Waals surface area contributed by atoms with Crippen LogP contribution >= 0.6 is 0 Å². The van der Waals surface area contributed by atoms with E-state index in [0.717, 1.165) is 53.9 Å². The molecular formula is C19H21N5O. The smallest absolute Gasteiger partial charge is 0.247 e. The summed E-state index contributed by atoms with van der Waals surface area (Å²) in [5, 5.41) is 4.38. The summed E-state index contributed by atoms with van der Waals surface area (Å²) < 4.78 is 0. The standard InChI is InChI=1S/C19H21N5O/c1-24(16-6-8-20-9-7-16)19-22-12-15-10-13(2-4-17(15)23-19)14-3-5-18(25)21-11-14/h2-5,10-12,16,20H,6-9H2,1H3,(H,21,25). The Morgan fingerprint density at radius 3 is 2.68 bits per heavy atom. The molecule has 128 valence electrons. The Morgan fingerprint density at radius 2 is 1.92 bits per heavy atom. The van der Waals surface area contributed by atoms with Crippen LogP contribution < -0.4 is 15.8 Å². The van der Waals surface area contributed by atoms with Gasteiger partial charge in [-0.15, -0.1) is 0 Å². The maximum Gasteiger partial charge on any atom is 0.247 e. The van der Waals surface area contributed by atoms with Crippen molar-refractivity contribution in [1.29, 1.82) is 0 Å². The third-order valence-electron chi connectivity index (χ3n) is 4.86. The summed E-state index contributed by atoms with van der Waals surface area (Å²) in [6.07, 6.45) is 5.83. The van der Waals surface area contributed by atoms with E-state index in [-0.39, 0.29) is 5.56 Å². The van der Waals surface area contributed by atoms with Crippen molar-refractivity contribution in [2.75, 3.05) is 25.0 Å². The van der Waals surface area contributed by atoms with Crippen molar-refractivity contribution in [1.82, 2.24) is 20.3 Å². The Kier molecular flexibility index (Phi) is 4.19. The molecule has 1 aliphatic rings. The zero-order valence-corrected chi connectivity index (χ0v) is 14.2. The van der Waals surface area contributed by atoms with Gasteiger partial charge in [-0.3, -0.25) is 4.79 Å². The van der Waals surface area contributed by atoms with Crippen molar-refractivity contribution in [2.45, 2.75) is 18.9 Å². The molecule has 0 spiro atoms. The topological polar surface area (TPSA) is 73.9 Å². The highest BCUT2D eigenvalue weighted by Crippen LogP contribution is 2.24. The molecule has 1 saturated heterocycles. The molecule has 0 bridgehead atoms. The Bertz CT molecular complexity index is 925. The molecule has 2 N–H and O–H groups in total. The molecule has 0 radical (unpaired) electrons. The molecule has 6 nitrogen and oxygen atoms in total. The summed E-state index contributed by atoms with van der Waals surface area (Å²) in [6.45, 7) is 2.09. The van der Waals surface area contributed by atoms with Crippen molar-refractivity contribution in [3.05, 3.63) is 53.1 Å². The van der Waals surface area contributed by atoms with E-state index in [9.17, 15) is 4.79 Å². The van der Waals surface area contributed by atoms with Crippen LogP contribution in [0.15, 0.2) is 47.5 Å². The van der Waals surface area contributed by atoms with Gasteiger partial charge in [0.15, 0.2) is 0 Å². The van der Waals surface area contributed by atoms with E-state index in [1.807, 2.05) is 24.4 Å². The molecular weight excluding hydrogens is 314 g/mol. The monoisotopic (exact) mass is 335 g/mol. The second kappa shape index (κ2) is 6.64. The lowest BCUT2D eigenvalue weighted by molar-refractivity contribution is 0.440. The van der Waals surface area contributed by atoms with Crippen LogP contribution in [-0.2, 0) is 0 Å². The second-order valence-electron chi connectivity index (χ2n) is 6.48. The van der Waals surface area contributed by atoms with Crippen LogP contribution in [0.1, 0.15) is 12.8 Å². The molecule has 0 unspecified atom stereocenters. The molecule has 25 heavy (non-hydrogen) atoms. The third kappa shape index (κ3) is 3.25. The third-order valence-corrected chi connectivity index (χ3v) is 4.86. The molecule has 2 aromatic heterocycles. The predicted octanol–water partition coefficient (Wildman–Crippen LogP) is 2.17. The van der Waals surface area contributed by atoms with E-state index in [1.54, 1.807) is 6.20 Å². The first-order chi connectivity index (χ1) is 12.2. The Hall–Kier alpha value is -2.73. The average molecular weight is 335 g/mol. The molecule has 1 aliphatic heterocycles. The summed E-state index contributed by atoms with van der Waals surface area (Å²) >= 11 is 0. The quantitative estimate of drug-likeness (QED) is 0.767. The van der Waals surface area contributed by atoms with E-state index in [1.165, 1.54) is 6.07 Å². The molecule has 0 amide bonds. The lowest BCUT2D eigenvalue weighted by Gasteiger charge is -2.31. The molecule has 3 aromatic rings. The highest BCUT2D eigenvalue weighted by Gasteiger charge is 2.20. The number of pyridine rings is 1. The van der Waals surface area contributed by atoms with Crippen molar-refractivity contribution >= 4 is 16.9 Å². The first kappa shape index (κ1) is 15.8. The lowest BCUT2D eigenvalue weighted by atomic mass is 10.1. The van der Waals surface area contributed by atoms with Crippen LogP contribution in [0.4, 0.5) is 5.95 Å². The van der Waals surface area contributed by atoms with Gasteiger partial charge in [-0.1, -0.05) is 6.07 Å². The highest BCUT2D eigenvalue weighted by atomic mass is 16.1. The van der Waals surface area contributed by atoms with Gasteiger partial charge in [0.05, 0.1) is 5.52 Å². The van der Waals surface area contributed by atoms with Gasteiger partial charge < -0.3 is 15.2 Å². The van der Waals surface area contributed by atoms with Gasteiger partial charge in [0.1, 0.15) is 0 Å². The number of nitrogens with one attached hydrogen (secondary N) is 2. The van der Waals surface area contributed by atoms with Gasteiger partial charge in [-0.25, -0.2) is 9.97 Å². The van der Waals surface area contributed by atoms with Gasteiger partial charge in [0.2, 0.25) is 11.5 Å². The van der Waals surface area contributed by atoms with Crippen LogP contribution in [0.3, 0.4) is 0 Å². The normalized spacial score (nSPS) is 15.4. The molecule has 0 saturated carbocycles. The molecule has 1 aromatic carbocycles. The molecule has 3 heterocycles. The molecule has 6 heteroatoms. The van der Waals surface area contributed by atoms with Crippen LogP contribution in [0.2, 0.25) is 0 Å². The SMILES string of the molecule is CN(c1ncc2cc(-c3ccc(=O)[nH]c3)ccc2n1)C1CCNCC1. The van der Waals surface area contributed by atoms with Gasteiger partial charge >= 0.3 is 0 Å². The van der Waals surface area contributed by atoms with Crippen molar-refractivity contribution < 1.29 is 0 Å². The van der Waals surface area contributed by atoms with E-state index < -0.39 is 0 Å². The summed E-state index contributed by atoms with van der Waals surface area (Å²) in [4.78, 5) is 25.4. The van der Waals surface area contributed by atoms with Crippen LogP contribution in [0.5, 0.6) is 0 Å². The van der Waals surface area contributed by atoms with Gasteiger partial charge in [0, 0.05) is 36.9 Å². The van der Waals surface area contributed by atoms with Crippen molar-refractivity contribution in [2.24, 2.45) is 0 Å². The summed E-state index contributed by atoms with van der Waals surface area (Å²) in [6, 6.07) is 9.93. The molecule has 0 aliphatic carbocycles. The second-order valence-corrected chi connectivity index (χ2v) is 6.48.